The molecule has 0 radical (unpaired) electrons. The Kier molecular flexibility index (Phi) is 5.83. The van der Waals surface area contributed by atoms with Gasteiger partial charge in [0, 0.05) is 5.56 Å². The molecule has 1 aromatic carbocycles. The first-order valence-electron chi connectivity index (χ1n) is 10.3. The third-order valence-corrected chi connectivity index (χ3v) is 6.34. The number of aromatic nitrogens is 2. The zero-order valence-electron chi connectivity index (χ0n) is 17.6. The van der Waals surface area contributed by atoms with Crippen LogP contribution >= 0.6 is 7.82 Å². The SMILES string of the molecule is C=Cc1ncnc2c1N=C(c1ccc(C3CCC(OP(=O)(O)O)CC3)cc1)C(C)(C)O2. The second-order valence-electron chi connectivity index (χ2n) is 8.38. The summed E-state index contributed by atoms with van der Waals surface area (Å²) in [4.78, 5) is 31.2. The molecule has 164 valence electrons. The molecule has 1 fully saturated rings. The molecule has 0 unspecified atom stereocenters. The number of rotatable bonds is 5. The lowest BCUT2D eigenvalue weighted by Gasteiger charge is -2.32. The molecule has 0 spiro atoms. The number of nitrogens with zero attached hydrogens (tertiary/aromatic N) is 3. The van der Waals surface area contributed by atoms with Crippen LogP contribution in [0.5, 0.6) is 5.88 Å². The first-order chi connectivity index (χ1) is 14.7. The highest BCUT2D eigenvalue weighted by Crippen LogP contribution is 2.43. The third kappa shape index (κ3) is 4.77. The summed E-state index contributed by atoms with van der Waals surface area (Å²) in [6, 6.07) is 8.27. The van der Waals surface area contributed by atoms with Gasteiger partial charge in [-0.15, -0.1) is 0 Å². The minimum Gasteiger partial charge on any atom is -0.463 e. The highest BCUT2D eigenvalue weighted by molar-refractivity contribution is 7.46. The number of benzene rings is 1. The van der Waals surface area contributed by atoms with Gasteiger partial charge < -0.3 is 14.5 Å². The van der Waals surface area contributed by atoms with Crippen molar-refractivity contribution in [2.45, 2.75) is 57.2 Å². The van der Waals surface area contributed by atoms with Gasteiger partial charge in [-0.3, -0.25) is 4.52 Å². The van der Waals surface area contributed by atoms with Crippen molar-refractivity contribution in [2.75, 3.05) is 0 Å². The van der Waals surface area contributed by atoms with Crippen LogP contribution in [0.4, 0.5) is 5.69 Å². The van der Waals surface area contributed by atoms with Crippen LogP contribution in [0, 0.1) is 0 Å². The molecule has 2 aromatic rings. The quantitative estimate of drug-likeness (QED) is 0.652. The summed E-state index contributed by atoms with van der Waals surface area (Å²) in [6.45, 7) is 7.71. The fourth-order valence-electron chi connectivity index (χ4n) is 4.26. The largest absolute Gasteiger partial charge is 0.469 e. The standard InChI is InChI=1S/C22H26N3O5P/c1-4-18-19-21(24-13-23-18)29-22(2,3)20(25-19)16-7-5-14(6-8-16)15-9-11-17(12-10-15)30-31(26,27)28/h4-8,13,15,17H,1,9-12H2,2-3H3,(H2,26,27,28). The van der Waals surface area contributed by atoms with Gasteiger partial charge in [-0.1, -0.05) is 30.8 Å². The molecule has 1 aromatic heterocycles. The molecule has 31 heavy (non-hydrogen) atoms. The summed E-state index contributed by atoms with van der Waals surface area (Å²) >= 11 is 0. The van der Waals surface area contributed by atoms with Crippen LogP contribution in [0.3, 0.4) is 0 Å². The summed E-state index contributed by atoms with van der Waals surface area (Å²) in [6.07, 6.45) is 5.62. The Labute approximate surface area is 181 Å². The minimum absolute atomic E-state index is 0.338. The maximum atomic E-state index is 11.0. The molecule has 1 aliphatic carbocycles. The number of hydrogen-bond donors (Lipinski definition) is 2. The predicted octanol–water partition coefficient (Wildman–Crippen LogP) is 4.55. The van der Waals surface area contributed by atoms with Crippen molar-refractivity contribution in [1.29, 1.82) is 0 Å². The van der Waals surface area contributed by atoms with Gasteiger partial charge in [-0.2, -0.15) is 4.98 Å². The molecule has 0 bridgehead atoms. The van der Waals surface area contributed by atoms with E-state index in [-0.39, 0.29) is 6.10 Å². The van der Waals surface area contributed by atoms with Gasteiger partial charge in [0.1, 0.15) is 11.9 Å². The maximum Gasteiger partial charge on any atom is 0.469 e. The topological polar surface area (TPSA) is 114 Å². The van der Waals surface area contributed by atoms with Gasteiger partial charge in [0.25, 0.3) is 0 Å². The minimum atomic E-state index is -4.43. The van der Waals surface area contributed by atoms with E-state index >= 15 is 0 Å². The molecule has 0 atom stereocenters. The monoisotopic (exact) mass is 443 g/mol. The molecule has 0 amide bonds. The number of phosphoric acid groups is 1. The predicted molar refractivity (Wildman–Crippen MR) is 118 cm³/mol. The second kappa shape index (κ2) is 8.28. The fraction of sp³-hybridized carbons (Fsp3) is 0.409. The van der Waals surface area contributed by atoms with Crippen molar-refractivity contribution < 1.29 is 23.6 Å². The van der Waals surface area contributed by atoms with Crippen LogP contribution in [-0.2, 0) is 9.09 Å². The fourth-order valence-corrected chi connectivity index (χ4v) is 4.86. The molecule has 0 saturated heterocycles. The van der Waals surface area contributed by atoms with Crippen LogP contribution in [-0.4, -0.2) is 37.2 Å². The summed E-state index contributed by atoms with van der Waals surface area (Å²) in [5.74, 6) is 0.786. The summed E-state index contributed by atoms with van der Waals surface area (Å²) < 4.78 is 22.0. The van der Waals surface area contributed by atoms with Crippen LogP contribution in [0.1, 0.15) is 62.3 Å². The third-order valence-electron chi connectivity index (χ3n) is 5.77. The zero-order valence-corrected chi connectivity index (χ0v) is 18.5. The molecule has 2 N–H and O–H groups in total. The van der Waals surface area contributed by atoms with E-state index in [9.17, 15) is 4.57 Å². The lowest BCUT2D eigenvalue weighted by atomic mass is 9.82. The number of hydrogen-bond acceptors (Lipinski definition) is 6. The summed E-state index contributed by atoms with van der Waals surface area (Å²) in [5.41, 5.74) is 3.51. The van der Waals surface area contributed by atoms with Crippen molar-refractivity contribution in [3.63, 3.8) is 0 Å². The van der Waals surface area contributed by atoms with Crippen molar-refractivity contribution in [2.24, 2.45) is 4.99 Å². The van der Waals surface area contributed by atoms with Crippen molar-refractivity contribution in [1.82, 2.24) is 9.97 Å². The van der Waals surface area contributed by atoms with Gasteiger partial charge in [0.05, 0.1) is 17.5 Å². The van der Waals surface area contributed by atoms with E-state index in [2.05, 4.69) is 28.7 Å². The molecule has 4 rings (SSSR count). The maximum absolute atomic E-state index is 11.0. The Bertz CT molecular complexity index is 1050. The van der Waals surface area contributed by atoms with Gasteiger partial charge in [0.15, 0.2) is 5.69 Å². The van der Waals surface area contributed by atoms with E-state index in [4.69, 9.17) is 24.0 Å². The zero-order chi connectivity index (χ0) is 22.2. The highest BCUT2D eigenvalue weighted by atomic mass is 31.2. The molecular formula is C22H26N3O5P. The Morgan fingerprint density at radius 1 is 1.16 bits per heavy atom. The summed E-state index contributed by atoms with van der Waals surface area (Å²) in [7, 11) is -4.43. The van der Waals surface area contributed by atoms with Gasteiger partial charge in [-0.05, 0) is 57.1 Å². The van der Waals surface area contributed by atoms with Gasteiger partial charge >= 0.3 is 7.82 Å². The Hall–Kier alpha value is -2.38. The van der Waals surface area contributed by atoms with E-state index in [1.165, 1.54) is 11.9 Å². The average molecular weight is 443 g/mol. The highest BCUT2D eigenvalue weighted by Gasteiger charge is 2.35. The molecule has 9 heteroatoms. The Balaban J connectivity index is 1.54. The van der Waals surface area contributed by atoms with E-state index in [1.54, 1.807) is 6.08 Å². The van der Waals surface area contributed by atoms with Gasteiger partial charge in [0.2, 0.25) is 5.88 Å². The first-order valence-corrected chi connectivity index (χ1v) is 11.8. The van der Waals surface area contributed by atoms with E-state index in [1.807, 2.05) is 26.0 Å². The lowest BCUT2D eigenvalue weighted by Crippen LogP contribution is -2.41. The normalized spacial score (nSPS) is 22.8. The van der Waals surface area contributed by atoms with Crippen LogP contribution in [0.15, 0.2) is 42.2 Å². The summed E-state index contributed by atoms with van der Waals surface area (Å²) in [5, 5.41) is 0. The molecule has 2 aliphatic rings. The molecule has 1 aliphatic heterocycles. The van der Waals surface area contributed by atoms with Crippen LogP contribution in [0.25, 0.3) is 6.08 Å². The van der Waals surface area contributed by atoms with E-state index in [0.717, 1.165) is 24.1 Å². The lowest BCUT2D eigenvalue weighted by molar-refractivity contribution is 0.0990. The van der Waals surface area contributed by atoms with Crippen molar-refractivity contribution >= 4 is 25.3 Å². The number of fused-ring (bicyclic) bond motifs is 1. The van der Waals surface area contributed by atoms with E-state index in [0.29, 0.717) is 36.0 Å². The smallest absolute Gasteiger partial charge is 0.463 e. The number of ether oxygens (including phenoxy) is 1. The van der Waals surface area contributed by atoms with Crippen molar-refractivity contribution in [3.05, 3.63) is 54.0 Å². The van der Waals surface area contributed by atoms with Crippen LogP contribution in [0.2, 0.25) is 0 Å². The van der Waals surface area contributed by atoms with Crippen molar-refractivity contribution in [3.8, 4) is 5.88 Å². The van der Waals surface area contributed by atoms with Gasteiger partial charge in [-0.25, -0.2) is 14.5 Å². The first kappa shape index (κ1) is 21.8. The van der Waals surface area contributed by atoms with E-state index < -0.39 is 13.4 Å². The number of phosphoric ester groups is 1. The molecule has 2 heterocycles. The average Bonchev–Trinajstić information content (AvgIpc) is 2.72. The molecular weight excluding hydrogens is 417 g/mol. The second-order valence-corrected chi connectivity index (χ2v) is 9.57. The molecule has 8 nitrogen and oxygen atoms in total. The van der Waals surface area contributed by atoms with Crippen LogP contribution < -0.4 is 4.74 Å². The Morgan fingerprint density at radius 3 is 2.45 bits per heavy atom. The Morgan fingerprint density at radius 2 is 1.84 bits per heavy atom. The number of aliphatic imine (C=N–C) groups is 1. The molecule has 1 saturated carbocycles.